The van der Waals surface area contributed by atoms with Crippen LogP contribution in [-0.2, 0) is 6.54 Å². The van der Waals surface area contributed by atoms with Crippen molar-refractivity contribution in [3.63, 3.8) is 0 Å². The minimum Gasteiger partial charge on any atom is -0.444 e. The lowest BCUT2D eigenvalue weighted by Crippen LogP contribution is -2.18. The molecule has 0 saturated heterocycles. The van der Waals surface area contributed by atoms with Crippen LogP contribution in [0, 0.1) is 0 Å². The zero-order valence-corrected chi connectivity index (χ0v) is 14.7. The predicted molar refractivity (Wildman–Crippen MR) is 97.8 cm³/mol. The van der Waals surface area contributed by atoms with E-state index in [1.807, 2.05) is 6.92 Å². The number of aryl methyl sites for hydroxylation is 1. The van der Waals surface area contributed by atoms with Gasteiger partial charge in [0.15, 0.2) is 11.4 Å². The SMILES string of the molecule is CCCCn1cc(NC(=O)c2coc(-c3ccnc(N)c3)n2)c(C(N)=O)n1. The van der Waals surface area contributed by atoms with Gasteiger partial charge in [-0.2, -0.15) is 5.10 Å². The van der Waals surface area contributed by atoms with Gasteiger partial charge in [0.05, 0.1) is 5.69 Å². The molecular weight excluding hydrogens is 350 g/mol. The summed E-state index contributed by atoms with van der Waals surface area (Å²) in [5, 5.41) is 6.72. The Hall–Kier alpha value is -3.69. The first-order chi connectivity index (χ1) is 13.0. The fraction of sp³-hybridized carbons (Fsp3) is 0.235. The average Bonchev–Trinajstić information content (AvgIpc) is 3.27. The maximum absolute atomic E-state index is 12.5. The first-order valence-corrected chi connectivity index (χ1v) is 8.34. The summed E-state index contributed by atoms with van der Waals surface area (Å²) in [5.41, 5.74) is 11.8. The van der Waals surface area contributed by atoms with Crippen molar-refractivity contribution in [1.29, 1.82) is 0 Å². The second-order valence-electron chi connectivity index (χ2n) is 5.83. The van der Waals surface area contributed by atoms with E-state index in [1.54, 1.807) is 23.0 Å². The number of pyridine rings is 1. The lowest BCUT2D eigenvalue weighted by atomic mass is 10.2. The molecule has 0 aliphatic heterocycles. The highest BCUT2D eigenvalue weighted by Crippen LogP contribution is 2.21. The topological polar surface area (TPSA) is 155 Å². The molecule has 3 heterocycles. The Labute approximate surface area is 154 Å². The minimum absolute atomic E-state index is 0.00919. The van der Waals surface area contributed by atoms with E-state index in [4.69, 9.17) is 15.9 Å². The lowest BCUT2D eigenvalue weighted by molar-refractivity contribution is 0.0995. The average molecular weight is 369 g/mol. The molecule has 0 aliphatic carbocycles. The van der Waals surface area contributed by atoms with E-state index in [0.717, 1.165) is 12.8 Å². The van der Waals surface area contributed by atoms with Crippen LogP contribution in [0.15, 0.2) is 35.2 Å². The van der Waals surface area contributed by atoms with Gasteiger partial charge in [-0.15, -0.1) is 0 Å². The van der Waals surface area contributed by atoms with Crippen LogP contribution >= 0.6 is 0 Å². The van der Waals surface area contributed by atoms with Crippen LogP contribution in [0.1, 0.15) is 40.7 Å². The number of primary amides is 1. The van der Waals surface area contributed by atoms with Gasteiger partial charge in [0, 0.05) is 24.5 Å². The third-order valence-corrected chi connectivity index (χ3v) is 3.75. The standard InChI is InChI=1S/C17H19N7O3/c1-2-3-6-24-8-11(14(23-24)15(19)25)21-16(26)12-9-27-17(22-12)10-4-5-20-13(18)7-10/h4-5,7-9H,2-3,6H2,1H3,(H2,18,20)(H2,19,25)(H,21,26). The molecular formula is C17H19N7O3. The van der Waals surface area contributed by atoms with Gasteiger partial charge in [-0.25, -0.2) is 9.97 Å². The molecule has 0 bridgehead atoms. The molecule has 10 heteroatoms. The van der Waals surface area contributed by atoms with Gasteiger partial charge < -0.3 is 21.2 Å². The van der Waals surface area contributed by atoms with E-state index >= 15 is 0 Å². The van der Waals surface area contributed by atoms with Gasteiger partial charge in [0.2, 0.25) is 5.89 Å². The normalized spacial score (nSPS) is 10.7. The minimum atomic E-state index is -0.728. The van der Waals surface area contributed by atoms with Crippen LogP contribution in [0.3, 0.4) is 0 Å². The number of oxazole rings is 1. The van der Waals surface area contributed by atoms with Crippen molar-refractivity contribution in [3.8, 4) is 11.5 Å². The molecule has 0 aromatic carbocycles. The number of anilines is 2. The summed E-state index contributed by atoms with van der Waals surface area (Å²) in [6.45, 7) is 2.66. The molecule has 3 rings (SSSR count). The van der Waals surface area contributed by atoms with E-state index in [9.17, 15) is 9.59 Å². The maximum atomic E-state index is 12.5. The third-order valence-electron chi connectivity index (χ3n) is 3.75. The molecule has 0 aliphatic rings. The van der Waals surface area contributed by atoms with E-state index in [2.05, 4.69) is 20.4 Å². The number of hydrogen-bond donors (Lipinski definition) is 3. The summed E-state index contributed by atoms with van der Waals surface area (Å²) in [4.78, 5) is 32.1. The number of rotatable bonds is 7. The Bertz CT molecular complexity index is 977. The van der Waals surface area contributed by atoms with Crippen LogP contribution in [0.4, 0.5) is 11.5 Å². The number of aromatic nitrogens is 4. The van der Waals surface area contributed by atoms with Crippen LogP contribution in [0.25, 0.3) is 11.5 Å². The van der Waals surface area contributed by atoms with Crippen molar-refractivity contribution in [1.82, 2.24) is 19.7 Å². The van der Waals surface area contributed by atoms with E-state index in [1.165, 1.54) is 12.5 Å². The molecule has 0 unspecified atom stereocenters. The molecule has 2 amide bonds. The summed E-state index contributed by atoms with van der Waals surface area (Å²) in [7, 11) is 0. The number of nitrogens with one attached hydrogen (secondary N) is 1. The van der Waals surface area contributed by atoms with E-state index < -0.39 is 11.8 Å². The van der Waals surface area contributed by atoms with Crippen LogP contribution in [0.2, 0.25) is 0 Å². The Kier molecular flexibility index (Phi) is 5.15. The zero-order chi connectivity index (χ0) is 19.4. The molecule has 0 saturated carbocycles. The molecule has 0 radical (unpaired) electrons. The predicted octanol–water partition coefficient (Wildman–Crippen LogP) is 1.67. The first-order valence-electron chi connectivity index (χ1n) is 8.34. The van der Waals surface area contributed by atoms with Crippen molar-refractivity contribution >= 4 is 23.3 Å². The smallest absolute Gasteiger partial charge is 0.277 e. The Balaban J connectivity index is 1.79. The molecule has 0 spiro atoms. The molecule has 10 nitrogen and oxygen atoms in total. The fourth-order valence-corrected chi connectivity index (χ4v) is 2.41. The molecule has 0 fully saturated rings. The number of nitrogen functional groups attached to an aromatic ring is 1. The molecule has 0 atom stereocenters. The Morgan fingerprint density at radius 3 is 2.89 bits per heavy atom. The number of hydrogen-bond acceptors (Lipinski definition) is 7. The van der Waals surface area contributed by atoms with Crippen LogP contribution < -0.4 is 16.8 Å². The summed E-state index contributed by atoms with van der Waals surface area (Å²) in [5.74, 6) is -0.747. The molecule has 3 aromatic heterocycles. The molecule has 5 N–H and O–H groups in total. The summed E-state index contributed by atoms with van der Waals surface area (Å²) in [6.07, 6.45) is 6.15. The van der Waals surface area contributed by atoms with Crippen molar-refractivity contribution < 1.29 is 14.0 Å². The lowest BCUT2D eigenvalue weighted by Gasteiger charge is -2.00. The van der Waals surface area contributed by atoms with Gasteiger partial charge in [0.1, 0.15) is 12.1 Å². The van der Waals surface area contributed by atoms with Crippen LogP contribution in [-0.4, -0.2) is 31.6 Å². The first kappa shape index (κ1) is 18.1. The summed E-state index contributed by atoms with van der Waals surface area (Å²) < 4.78 is 6.91. The van der Waals surface area contributed by atoms with E-state index in [-0.39, 0.29) is 23.0 Å². The Morgan fingerprint density at radius 1 is 1.37 bits per heavy atom. The molecule has 27 heavy (non-hydrogen) atoms. The monoisotopic (exact) mass is 369 g/mol. The second-order valence-corrected chi connectivity index (χ2v) is 5.83. The highest BCUT2D eigenvalue weighted by atomic mass is 16.3. The Morgan fingerprint density at radius 2 is 2.19 bits per heavy atom. The number of amides is 2. The highest BCUT2D eigenvalue weighted by Gasteiger charge is 2.19. The van der Waals surface area contributed by atoms with Crippen molar-refractivity contribution in [3.05, 3.63) is 42.2 Å². The second kappa shape index (κ2) is 7.68. The molecule has 3 aromatic rings. The van der Waals surface area contributed by atoms with Gasteiger partial charge in [-0.05, 0) is 18.6 Å². The van der Waals surface area contributed by atoms with Crippen LogP contribution in [0.5, 0.6) is 0 Å². The largest absolute Gasteiger partial charge is 0.444 e. The zero-order valence-electron chi connectivity index (χ0n) is 14.7. The molecule has 140 valence electrons. The number of carbonyl (C=O) groups is 2. The number of unbranched alkanes of at least 4 members (excludes halogenated alkanes) is 1. The van der Waals surface area contributed by atoms with Crippen molar-refractivity contribution in [2.75, 3.05) is 11.1 Å². The maximum Gasteiger partial charge on any atom is 0.277 e. The van der Waals surface area contributed by atoms with Gasteiger partial charge in [-0.1, -0.05) is 13.3 Å². The van der Waals surface area contributed by atoms with Crippen molar-refractivity contribution in [2.24, 2.45) is 5.73 Å². The van der Waals surface area contributed by atoms with E-state index in [0.29, 0.717) is 17.9 Å². The summed E-state index contributed by atoms with van der Waals surface area (Å²) >= 11 is 0. The number of nitrogens with zero attached hydrogens (tertiary/aromatic N) is 4. The van der Waals surface area contributed by atoms with Gasteiger partial charge >= 0.3 is 0 Å². The van der Waals surface area contributed by atoms with Gasteiger partial charge in [-0.3, -0.25) is 14.3 Å². The number of carbonyl (C=O) groups excluding carboxylic acids is 2. The number of nitrogens with two attached hydrogens (primary N) is 2. The quantitative estimate of drug-likeness (QED) is 0.572. The summed E-state index contributed by atoms with van der Waals surface area (Å²) in [6, 6.07) is 3.24. The third kappa shape index (κ3) is 4.11. The fourth-order valence-electron chi connectivity index (χ4n) is 2.41. The highest BCUT2D eigenvalue weighted by molar-refractivity contribution is 6.07. The van der Waals surface area contributed by atoms with Crippen molar-refractivity contribution in [2.45, 2.75) is 26.3 Å². The van der Waals surface area contributed by atoms with Gasteiger partial charge in [0.25, 0.3) is 11.8 Å².